The van der Waals surface area contributed by atoms with Gasteiger partial charge in [0.1, 0.15) is 38.0 Å². The maximum absolute atomic E-state index is 11.3. The smallest absolute Gasteiger partial charge is 0.264 e. The van der Waals surface area contributed by atoms with Crippen molar-refractivity contribution in [3.63, 3.8) is 0 Å². The second-order valence-corrected chi connectivity index (χ2v) is 8.12. The fraction of sp³-hybridized carbons (Fsp3) is 1.00. The third-order valence-corrected chi connectivity index (χ3v) is 4.10. The van der Waals surface area contributed by atoms with E-state index in [9.17, 15) is 16.8 Å². The van der Waals surface area contributed by atoms with E-state index >= 15 is 0 Å². The first kappa shape index (κ1) is 18.0. The molecule has 12 heteroatoms. The van der Waals surface area contributed by atoms with Gasteiger partial charge in [0, 0.05) is 0 Å². The topological polar surface area (TPSA) is 124 Å². The van der Waals surface area contributed by atoms with Crippen molar-refractivity contribution < 1.29 is 44.1 Å². The highest BCUT2D eigenvalue weighted by Crippen LogP contribution is 2.25. The highest BCUT2D eigenvalue weighted by molar-refractivity contribution is 7.86. The molecule has 22 heavy (non-hydrogen) atoms. The quantitative estimate of drug-likeness (QED) is 0.529. The van der Waals surface area contributed by atoms with Gasteiger partial charge in [-0.1, -0.05) is 0 Å². The van der Waals surface area contributed by atoms with Crippen LogP contribution < -0.4 is 0 Å². The van der Waals surface area contributed by atoms with Crippen LogP contribution >= 0.6 is 0 Å². The molecule has 2 aliphatic heterocycles. The van der Waals surface area contributed by atoms with E-state index in [1.165, 1.54) is 0 Å². The summed E-state index contributed by atoms with van der Waals surface area (Å²) in [5, 5.41) is 0. The molecular weight excluding hydrogens is 344 g/mol. The van der Waals surface area contributed by atoms with Gasteiger partial charge in [-0.3, -0.25) is 8.37 Å². The van der Waals surface area contributed by atoms with Gasteiger partial charge >= 0.3 is 0 Å². The molecule has 2 rings (SSSR count). The molecule has 2 saturated heterocycles. The normalized spacial score (nSPS) is 34.5. The maximum Gasteiger partial charge on any atom is 0.264 e. The molecule has 2 heterocycles. The van der Waals surface area contributed by atoms with Crippen molar-refractivity contribution in [1.29, 1.82) is 0 Å². The molecule has 4 atom stereocenters. The molecule has 130 valence electrons. The Balaban J connectivity index is 2.16. The van der Waals surface area contributed by atoms with Crippen LogP contribution in [0.25, 0.3) is 0 Å². The van der Waals surface area contributed by atoms with Gasteiger partial charge in [0.25, 0.3) is 20.2 Å². The summed E-state index contributed by atoms with van der Waals surface area (Å²) in [5.41, 5.74) is 0. The van der Waals surface area contributed by atoms with Crippen LogP contribution in [0.3, 0.4) is 0 Å². The molecule has 0 unspecified atom stereocenters. The summed E-state index contributed by atoms with van der Waals surface area (Å²) in [7, 11) is -7.51. The van der Waals surface area contributed by atoms with Crippen molar-refractivity contribution in [2.24, 2.45) is 0 Å². The van der Waals surface area contributed by atoms with Gasteiger partial charge in [-0.15, -0.1) is 0 Å². The molecule has 0 saturated carbocycles. The van der Waals surface area contributed by atoms with Gasteiger partial charge in [-0.25, -0.2) is 0 Å². The lowest BCUT2D eigenvalue weighted by Gasteiger charge is -2.40. The van der Waals surface area contributed by atoms with Crippen molar-refractivity contribution in [3.8, 4) is 0 Å². The summed E-state index contributed by atoms with van der Waals surface area (Å²) < 4.78 is 75.8. The van der Waals surface area contributed by atoms with Crippen molar-refractivity contribution in [1.82, 2.24) is 0 Å². The molecule has 0 aromatic rings. The molecule has 0 aliphatic carbocycles. The number of rotatable bonds is 5. The summed E-state index contributed by atoms with van der Waals surface area (Å²) in [4.78, 5) is 0. The zero-order valence-electron chi connectivity index (χ0n) is 12.0. The molecule has 0 aromatic carbocycles. The van der Waals surface area contributed by atoms with Gasteiger partial charge in [-0.05, 0) is 0 Å². The molecule has 0 aromatic heterocycles. The van der Waals surface area contributed by atoms with Crippen molar-refractivity contribution in [2.45, 2.75) is 24.4 Å². The lowest BCUT2D eigenvalue weighted by molar-refractivity contribution is -0.269. The SMILES string of the molecule is CS(=O)(=O)O[C@@H]1COCO[C@@H]1[C@@H]1OCOC[C@H]1OS(C)(=O)=O. The number of hydrogen-bond acceptors (Lipinski definition) is 10. The van der Waals surface area contributed by atoms with E-state index in [4.69, 9.17) is 27.3 Å². The van der Waals surface area contributed by atoms with E-state index in [-0.39, 0.29) is 26.8 Å². The Labute approximate surface area is 128 Å². The van der Waals surface area contributed by atoms with Crippen LogP contribution in [0.1, 0.15) is 0 Å². The second-order valence-electron chi connectivity index (χ2n) is 4.92. The molecule has 2 aliphatic rings. The average molecular weight is 362 g/mol. The Morgan fingerprint density at radius 3 is 1.45 bits per heavy atom. The summed E-state index contributed by atoms with van der Waals surface area (Å²) in [6, 6.07) is 0. The Bertz CT molecular complexity index is 519. The van der Waals surface area contributed by atoms with E-state index < -0.39 is 44.7 Å². The van der Waals surface area contributed by atoms with E-state index in [1.54, 1.807) is 0 Å². The van der Waals surface area contributed by atoms with Crippen LogP contribution in [-0.4, -0.2) is 80.6 Å². The third kappa shape index (κ3) is 5.38. The predicted octanol–water partition coefficient (Wildman–Crippen LogP) is -1.58. The Morgan fingerprint density at radius 2 is 1.14 bits per heavy atom. The van der Waals surface area contributed by atoms with Crippen molar-refractivity contribution in [3.05, 3.63) is 0 Å². The summed E-state index contributed by atoms with van der Waals surface area (Å²) in [6.45, 7) is -0.269. The van der Waals surface area contributed by atoms with E-state index in [2.05, 4.69) is 0 Å². The fourth-order valence-electron chi connectivity index (χ4n) is 2.21. The Morgan fingerprint density at radius 1 is 0.773 bits per heavy atom. The molecule has 2 fully saturated rings. The molecule has 0 spiro atoms. The van der Waals surface area contributed by atoms with E-state index in [1.807, 2.05) is 0 Å². The largest absolute Gasteiger partial charge is 0.353 e. The highest BCUT2D eigenvalue weighted by Gasteiger charge is 2.44. The maximum atomic E-state index is 11.3. The second kappa shape index (κ2) is 7.05. The minimum atomic E-state index is -3.75. The van der Waals surface area contributed by atoms with Gasteiger partial charge in [0.15, 0.2) is 0 Å². The monoisotopic (exact) mass is 362 g/mol. The molecule has 0 N–H and O–H groups in total. The molecule has 0 bridgehead atoms. The number of ether oxygens (including phenoxy) is 4. The number of hydrogen-bond donors (Lipinski definition) is 0. The standard InChI is InChI=1S/C10H18O10S2/c1-21(11,12)19-7-3-15-5-17-9(7)10-8(4-16-6-18-10)20-22(2,13)14/h7-10H,3-6H2,1-2H3/t7-,8-,9-,10+/m1/s1. The lowest BCUT2D eigenvalue weighted by Crippen LogP contribution is -2.57. The third-order valence-electron chi connectivity index (χ3n) is 2.91. The van der Waals surface area contributed by atoms with Gasteiger partial charge in [0.2, 0.25) is 0 Å². The first-order chi connectivity index (χ1) is 10.2. The first-order valence-corrected chi connectivity index (χ1v) is 9.94. The van der Waals surface area contributed by atoms with Gasteiger partial charge in [0.05, 0.1) is 25.7 Å². The molecule has 0 radical (unpaired) electrons. The highest BCUT2D eigenvalue weighted by atomic mass is 32.2. The molecular formula is C10H18O10S2. The predicted molar refractivity (Wildman–Crippen MR) is 70.8 cm³/mol. The molecule has 10 nitrogen and oxygen atoms in total. The van der Waals surface area contributed by atoms with Crippen LogP contribution in [0.2, 0.25) is 0 Å². The van der Waals surface area contributed by atoms with Gasteiger partial charge in [-0.2, -0.15) is 16.8 Å². The summed E-state index contributed by atoms with van der Waals surface area (Å²) >= 11 is 0. The first-order valence-electron chi connectivity index (χ1n) is 6.31. The summed E-state index contributed by atoms with van der Waals surface area (Å²) in [6.07, 6.45) is -1.91. The van der Waals surface area contributed by atoms with Crippen molar-refractivity contribution in [2.75, 3.05) is 39.3 Å². The van der Waals surface area contributed by atoms with Crippen LogP contribution in [0.5, 0.6) is 0 Å². The summed E-state index contributed by atoms with van der Waals surface area (Å²) in [5.74, 6) is 0. The Kier molecular flexibility index (Phi) is 5.77. The van der Waals surface area contributed by atoms with Crippen molar-refractivity contribution >= 4 is 20.2 Å². The average Bonchev–Trinajstić information content (AvgIpc) is 2.36. The zero-order valence-corrected chi connectivity index (χ0v) is 13.7. The minimum Gasteiger partial charge on any atom is -0.353 e. The van der Waals surface area contributed by atoms with E-state index in [0.29, 0.717) is 0 Å². The Hall–Kier alpha value is -0.340. The molecule has 0 amide bonds. The lowest BCUT2D eigenvalue weighted by atomic mass is 10.0. The van der Waals surface area contributed by atoms with Crippen LogP contribution in [0.15, 0.2) is 0 Å². The fourth-order valence-corrected chi connectivity index (χ4v) is 3.44. The van der Waals surface area contributed by atoms with E-state index in [0.717, 1.165) is 12.5 Å². The van der Waals surface area contributed by atoms with Crippen LogP contribution in [0.4, 0.5) is 0 Å². The van der Waals surface area contributed by atoms with Crippen LogP contribution in [-0.2, 0) is 47.5 Å². The zero-order chi connectivity index (χ0) is 16.4. The minimum absolute atomic E-state index is 0.0376. The van der Waals surface area contributed by atoms with Gasteiger partial charge < -0.3 is 18.9 Å². The van der Waals surface area contributed by atoms with Crippen LogP contribution in [0, 0.1) is 0 Å².